The van der Waals surface area contributed by atoms with Gasteiger partial charge in [-0.25, -0.2) is 4.31 Å². The zero-order valence-corrected chi connectivity index (χ0v) is 16.4. The minimum Gasteiger partial charge on any atom is -0.464 e. The van der Waals surface area contributed by atoms with Crippen molar-refractivity contribution in [2.75, 3.05) is 13.2 Å². The molecule has 1 unspecified atom stereocenters. The van der Waals surface area contributed by atoms with Gasteiger partial charge >= 0.3 is 5.97 Å². The minimum absolute atomic E-state index is 0.190. The molecule has 4 nitrogen and oxygen atoms in total. The van der Waals surface area contributed by atoms with E-state index in [1.165, 1.54) is 11.1 Å². The number of carbonyl (C=O) groups is 2. The van der Waals surface area contributed by atoms with E-state index in [0.29, 0.717) is 31.9 Å². The van der Waals surface area contributed by atoms with Crippen LogP contribution in [-0.2, 0) is 27.2 Å². The van der Waals surface area contributed by atoms with Crippen molar-refractivity contribution in [3.05, 3.63) is 35.4 Å². The Hall–Kier alpha value is -1.33. The van der Waals surface area contributed by atoms with Crippen LogP contribution in [0.4, 0.5) is 0 Å². The first-order valence-corrected chi connectivity index (χ1v) is 10.2. The van der Waals surface area contributed by atoms with E-state index in [0.717, 1.165) is 32.1 Å². The summed E-state index contributed by atoms with van der Waals surface area (Å²) in [6.45, 7) is 3.02. The Bertz CT molecular complexity index is 623. The lowest BCUT2D eigenvalue weighted by Gasteiger charge is -2.21. The molecule has 1 aromatic carbocycles. The highest BCUT2D eigenvalue weighted by molar-refractivity contribution is 7.77. The predicted molar refractivity (Wildman–Crippen MR) is 105 cm³/mol. The van der Waals surface area contributed by atoms with Gasteiger partial charge in [0.05, 0.1) is 6.61 Å². The quantitative estimate of drug-likeness (QED) is 0.557. The molecular formula is C21H29NO3S. The number of hydrogen-bond donors (Lipinski definition) is 1. The van der Waals surface area contributed by atoms with Gasteiger partial charge in [0.1, 0.15) is 11.8 Å². The number of Topliss-reactive ketones (excluding diaryl/α,β-unsaturated/α-hetero) is 1. The first-order chi connectivity index (χ1) is 12.6. The topological polar surface area (TPSA) is 46.6 Å². The van der Waals surface area contributed by atoms with Crippen molar-refractivity contribution in [1.82, 2.24) is 4.31 Å². The van der Waals surface area contributed by atoms with Crippen LogP contribution in [0, 0.1) is 11.8 Å². The van der Waals surface area contributed by atoms with Crippen LogP contribution in [0.25, 0.3) is 0 Å². The highest BCUT2D eigenvalue weighted by Gasteiger charge is 2.42. The molecule has 1 aliphatic heterocycles. The molecule has 1 saturated heterocycles. The average Bonchev–Trinajstić information content (AvgIpc) is 3.22. The van der Waals surface area contributed by atoms with Crippen LogP contribution in [0.5, 0.6) is 0 Å². The lowest BCUT2D eigenvalue weighted by atomic mass is 9.90. The fraction of sp³-hybridized carbons (Fsp3) is 0.619. The third-order valence-electron chi connectivity index (χ3n) is 5.65. The zero-order chi connectivity index (χ0) is 18.5. The standard InChI is InChI=1S/C21H29NO3S/c1-2-12-25-21(24)20-18(10-11-22(20)26)19(23)9-5-6-15-13-16-7-3-4-8-17(16)14-15/h3-4,7-8,15,18,20,26H,2,5-6,9-14H2,1H3/t18?,20-/m0/s1. The molecule has 0 saturated carbocycles. The van der Waals surface area contributed by atoms with Crippen LogP contribution < -0.4 is 0 Å². The van der Waals surface area contributed by atoms with Crippen LogP contribution >= 0.6 is 12.8 Å². The van der Waals surface area contributed by atoms with Crippen molar-refractivity contribution in [3.8, 4) is 0 Å². The van der Waals surface area contributed by atoms with Crippen molar-refractivity contribution in [3.63, 3.8) is 0 Å². The van der Waals surface area contributed by atoms with Gasteiger partial charge in [0.2, 0.25) is 0 Å². The van der Waals surface area contributed by atoms with Gasteiger partial charge < -0.3 is 4.74 Å². The highest BCUT2D eigenvalue weighted by atomic mass is 32.1. The third-order valence-corrected chi connectivity index (χ3v) is 6.09. The molecule has 1 aromatic rings. The van der Waals surface area contributed by atoms with Crippen molar-refractivity contribution in [2.24, 2.45) is 11.8 Å². The number of rotatable bonds is 8. The lowest BCUT2D eigenvalue weighted by molar-refractivity contribution is -0.150. The number of hydrogen-bond acceptors (Lipinski definition) is 5. The van der Waals surface area contributed by atoms with Crippen LogP contribution in [0.3, 0.4) is 0 Å². The summed E-state index contributed by atoms with van der Waals surface area (Å²) in [5.41, 5.74) is 2.92. The predicted octanol–water partition coefficient (Wildman–Crippen LogP) is 3.63. The summed E-state index contributed by atoms with van der Waals surface area (Å²) >= 11 is 4.37. The molecule has 1 aliphatic carbocycles. The molecule has 3 rings (SSSR count). The Labute approximate surface area is 161 Å². The SMILES string of the molecule is CCCOC(=O)[C@@H]1C(C(=O)CCCC2Cc3ccccc3C2)CCN1S. The maximum absolute atomic E-state index is 12.7. The molecule has 0 aromatic heterocycles. The molecule has 0 spiro atoms. The smallest absolute Gasteiger partial charge is 0.325 e. The molecule has 0 amide bonds. The second-order valence-corrected chi connectivity index (χ2v) is 8.09. The third kappa shape index (κ3) is 4.49. The zero-order valence-electron chi connectivity index (χ0n) is 15.5. The molecule has 1 heterocycles. The number of ether oxygens (including phenoxy) is 1. The molecule has 5 heteroatoms. The molecule has 142 valence electrons. The summed E-state index contributed by atoms with van der Waals surface area (Å²) in [4.78, 5) is 25.0. The number of thiol groups is 1. The Kier molecular flexibility index (Phi) is 6.76. The molecule has 2 aliphatic rings. The second kappa shape index (κ2) is 9.05. The fourth-order valence-electron chi connectivity index (χ4n) is 4.29. The number of benzene rings is 1. The maximum atomic E-state index is 12.7. The Morgan fingerprint density at radius 1 is 1.23 bits per heavy atom. The average molecular weight is 376 g/mol. The number of nitrogens with zero attached hydrogens (tertiary/aromatic N) is 1. The van der Waals surface area contributed by atoms with Gasteiger partial charge in [-0.3, -0.25) is 9.59 Å². The van der Waals surface area contributed by atoms with Gasteiger partial charge in [0.25, 0.3) is 0 Å². The number of esters is 1. The van der Waals surface area contributed by atoms with Gasteiger partial charge in [-0.05, 0) is 55.6 Å². The summed E-state index contributed by atoms with van der Waals surface area (Å²) in [7, 11) is 0. The van der Waals surface area contributed by atoms with Gasteiger partial charge in [-0.15, -0.1) is 0 Å². The monoisotopic (exact) mass is 375 g/mol. The summed E-state index contributed by atoms with van der Waals surface area (Å²) in [6.07, 6.45) is 6.27. The van der Waals surface area contributed by atoms with E-state index in [-0.39, 0.29) is 17.7 Å². The summed E-state index contributed by atoms with van der Waals surface area (Å²) < 4.78 is 6.94. The minimum atomic E-state index is -0.520. The van der Waals surface area contributed by atoms with Crippen molar-refractivity contribution in [2.45, 2.75) is 57.9 Å². The number of fused-ring (bicyclic) bond motifs is 1. The molecule has 1 fully saturated rings. The van der Waals surface area contributed by atoms with E-state index in [1.807, 2.05) is 6.92 Å². The van der Waals surface area contributed by atoms with Crippen LogP contribution in [0.2, 0.25) is 0 Å². The second-order valence-electron chi connectivity index (χ2n) is 7.57. The van der Waals surface area contributed by atoms with Crippen molar-refractivity contribution >= 4 is 24.6 Å². The Morgan fingerprint density at radius 2 is 1.92 bits per heavy atom. The van der Waals surface area contributed by atoms with Gasteiger partial charge in [-0.1, -0.05) is 44.0 Å². The van der Waals surface area contributed by atoms with Crippen molar-refractivity contribution in [1.29, 1.82) is 0 Å². The van der Waals surface area contributed by atoms with Crippen LogP contribution in [0.15, 0.2) is 24.3 Å². The summed E-state index contributed by atoms with van der Waals surface area (Å²) in [5.74, 6) is 0.271. The first-order valence-electron chi connectivity index (χ1n) is 9.81. The fourth-order valence-corrected chi connectivity index (χ4v) is 4.66. The normalized spacial score (nSPS) is 23.2. The van der Waals surface area contributed by atoms with Crippen LogP contribution in [0.1, 0.15) is 50.2 Å². The summed E-state index contributed by atoms with van der Waals surface area (Å²) in [6, 6.07) is 8.12. The van der Waals surface area contributed by atoms with Gasteiger partial charge in [0.15, 0.2) is 0 Å². The number of ketones is 1. The molecule has 0 N–H and O–H groups in total. The molecule has 26 heavy (non-hydrogen) atoms. The summed E-state index contributed by atoms with van der Waals surface area (Å²) in [5, 5.41) is 0. The van der Waals surface area contributed by atoms with Gasteiger partial charge in [-0.2, -0.15) is 0 Å². The van der Waals surface area contributed by atoms with E-state index in [4.69, 9.17) is 4.74 Å². The molecule has 2 atom stereocenters. The lowest BCUT2D eigenvalue weighted by Crippen LogP contribution is -2.39. The first kappa shape index (κ1) is 19.4. The molecular weight excluding hydrogens is 346 g/mol. The molecule has 0 bridgehead atoms. The van der Waals surface area contributed by atoms with E-state index < -0.39 is 6.04 Å². The van der Waals surface area contributed by atoms with E-state index >= 15 is 0 Å². The van der Waals surface area contributed by atoms with Crippen molar-refractivity contribution < 1.29 is 14.3 Å². The Balaban J connectivity index is 1.46. The highest BCUT2D eigenvalue weighted by Crippen LogP contribution is 2.32. The van der Waals surface area contributed by atoms with E-state index in [2.05, 4.69) is 37.1 Å². The largest absolute Gasteiger partial charge is 0.464 e. The maximum Gasteiger partial charge on any atom is 0.325 e. The van der Waals surface area contributed by atoms with Crippen LogP contribution in [-0.4, -0.2) is 35.3 Å². The Morgan fingerprint density at radius 3 is 2.58 bits per heavy atom. The van der Waals surface area contributed by atoms with E-state index in [9.17, 15) is 9.59 Å². The molecule has 0 radical (unpaired) electrons. The van der Waals surface area contributed by atoms with Gasteiger partial charge in [0, 0.05) is 18.9 Å². The van der Waals surface area contributed by atoms with E-state index in [1.54, 1.807) is 4.31 Å². The number of carbonyl (C=O) groups excluding carboxylic acids is 2.